The third-order valence-electron chi connectivity index (χ3n) is 4.44. The number of hydrogen-bond acceptors (Lipinski definition) is 4. The van der Waals surface area contributed by atoms with E-state index in [2.05, 4.69) is 5.32 Å². The molecule has 3 rings (SSSR count). The molecule has 1 saturated heterocycles. The first-order chi connectivity index (χ1) is 12.9. The standard InChI is InChI=1S/C19H21FN2O4S/c1-2-14-5-3-4-6-18(14)21-19(23)16-13-15(7-8-17(16)20)27(24,25)22-9-11-26-12-10-22/h3-8,13H,2,9-12H2,1H3,(H,21,23). The van der Waals surface area contributed by atoms with Gasteiger partial charge in [-0.25, -0.2) is 12.8 Å². The number of para-hydroxylation sites is 1. The summed E-state index contributed by atoms with van der Waals surface area (Å²) in [5.41, 5.74) is 1.17. The summed E-state index contributed by atoms with van der Waals surface area (Å²) in [5.74, 6) is -1.46. The van der Waals surface area contributed by atoms with Crippen LogP contribution < -0.4 is 5.32 Å². The fourth-order valence-electron chi connectivity index (χ4n) is 2.92. The van der Waals surface area contributed by atoms with Crippen LogP contribution in [0.15, 0.2) is 47.4 Å². The van der Waals surface area contributed by atoms with Gasteiger partial charge in [-0.15, -0.1) is 0 Å². The number of amides is 1. The van der Waals surface area contributed by atoms with Crippen LogP contribution in [0.25, 0.3) is 0 Å². The fourth-order valence-corrected chi connectivity index (χ4v) is 4.35. The molecule has 144 valence electrons. The molecule has 0 saturated carbocycles. The second-order valence-corrected chi connectivity index (χ2v) is 8.06. The van der Waals surface area contributed by atoms with Crippen molar-refractivity contribution in [3.63, 3.8) is 0 Å². The van der Waals surface area contributed by atoms with Crippen LogP contribution in [0.3, 0.4) is 0 Å². The Balaban J connectivity index is 1.90. The molecule has 2 aromatic rings. The summed E-state index contributed by atoms with van der Waals surface area (Å²) in [6, 6.07) is 10.5. The average molecular weight is 392 g/mol. The summed E-state index contributed by atoms with van der Waals surface area (Å²) in [4.78, 5) is 12.5. The molecular formula is C19H21FN2O4S. The van der Waals surface area contributed by atoms with Gasteiger partial charge in [-0.3, -0.25) is 4.79 Å². The minimum Gasteiger partial charge on any atom is -0.379 e. The van der Waals surface area contributed by atoms with E-state index in [0.717, 1.165) is 17.7 Å². The van der Waals surface area contributed by atoms with Crippen LogP contribution in [-0.4, -0.2) is 44.9 Å². The van der Waals surface area contributed by atoms with Crippen molar-refractivity contribution in [1.82, 2.24) is 4.31 Å². The van der Waals surface area contributed by atoms with E-state index in [-0.39, 0.29) is 23.5 Å². The molecule has 0 spiro atoms. The SMILES string of the molecule is CCc1ccccc1NC(=O)c1cc(S(=O)(=O)N2CCOCC2)ccc1F. The minimum atomic E-state index is -3.81. The van der Waals surface area contributed by atoms with Gasteiger partial charge in [-0.1, -0.05) is 25.1 Å². The van der Waals surface area contributed by atoms with Crippen molar-refractivity contribution < 1.29 is 22.3 Å². The van der Waals surface area contributed by atoms with Gasteiger partial charge in [0.1, 0.15) is 5.82 Å². The largest absolute Gasteiger partial charge is 0.379 e. The van der Waals surface area contributed by atoms with Crippen molar-refractivity contribution in [3.05, 3.63) is 59.4 Å². The minimum absolute atomic E-state index is 0.111. The Bertz CT molecular complexity index is 940. The van der Waals surface area contributed by atoms with Gasteiger partial charge in [0.05, 0.1) is 23.7 Å². The Labute approximate surface area is 158 Å². The number of morpholine rings is 1. The second kappa shape index (κ2) is 8.16. The molecule has 0 aromatic heterocycles. The van der Waals surface area contributed by atoms with E-state index in [9.17, 15) is 17.6 Å². The summed E-state index contributed by atoms with van der Waals surface area (Å²) in [6.07, 6.45) is 0.699. The third-order valence-corrected chi connectivity index (χ3v) is 6.33. The fraction of sp³-hybridized carbons (Fsp3) is 0.316. The number of carbonyl (C=O) groups is 1. The molecule has 1 fully saturated rings. The smallest absolute Gasteiger partial charge is 0.258 e. The Morgan fingerprint density at radius 2 is 1.89 bits per heavy atom. The van der Waals surface area contributed by atoms with Crippen molar-refractivity contribution >= 4 is 21.6 Å². The normalized spacial score (nSPS) is 15.5. The van der Waals surface area contributed by atoms with Gasteiger partial charge in [0.2, 0.25) is 10.0 Å². The highest BCUT2D eigenvalue weighted by molar-refractivity contribution is 7.89. The van der Waals surface area contributed by atoms with Crippen LogP contribution in [0.4, 0.5) is 10.1 Å². The zero-order valence-corrected chi connectivity index (χ0v) is 15.8. The van der Waals surface area contributed by atoms with Crippen molar-refractivity contribution in [2.24, 2.45) is 0 Å². The number of nitrogens with zero attached hydrogens (tertiary/aromatic N) is 1. The van der Waals surface area contributed by atoms with Gasteiger partial charge in [-0.05, 0) is 36.2 Å². The van der Waals surface area contributed by atoms with Gasteiger partial charge in [0.25, 0.3) is 5.91 Å². The molecule has 6 nitrogen and oxygen atoms in total. The third kappa shape index (κ3) is 4.18. The second-order valence-electron chi connectivity index (χ2n) is 6.12. The number of aryl methyl sites for hydroxylation is 1. The molecule has 1 N–H and O–H groups in total. The molecule has 0 unspecified atom stereocenters. The Morgan fingerprint density at radius 1 is 1.19 bits per heavy atom. The van der Waals surface area contributed by atoms with Gasteiger partial charge in [0.15, 0.2) is 0 Å². The first kappa shape index (κ1) is 19.5. The van der Waals surface area contributed by atoms with E-state index in [1.165, 1.54) is 10.4 Å². The van der Waals surface area contributed by atoms with Crippen molar-refractivity contribution in [2.75, 3.05) is 31.6 Å². The summed E-state index contributed by atoms with van der Waals surface area (Å²) in [7, 11) is -3.81. The first-order valence-corrected chi connectivity index (χ1v) is 10.1. The molecule has 0 bridgehead atoms. The van der Waals surface area contributed by atoms with Crippen LogP contribution in [0, 0.1) is 5.82 Å². The van der Waals surface area contributed by atoms with Gasteiger partial charge >= 0.3 is 0 Å². The van der Waals surface area contributed by atoms with E-state index in [1.807, 2.05) is 19.1 Å². The Kier molecular flexibility index (Phi) is 5.88. The maximum absolute atomic E-state index is 14.2. The highest BCUT2D eigenvalue weighted by Gasteiger charge is 2.28. The quantitative estimate of drug-likeness (QED) is 0.849. The lowest BCUT2D eigenvalue weighted by molar-refractivity contribution is 0.0730. The van der Waals surface area contributed by atoms with E-state index in [0.29, 0.717) is 25.3 Å². The van der Waals surface area contributed by atoms with Crippen molar-refractivity contribution in [2.45, 2.75) is 18.2 Å². The molecule has 0 atom stereocenters. The molecule has 1 amide bonds. The number of carbonyl (C=O) groups excluding carboxylic acids is 1. The number of ether oxygens (including phenoxy) is 1. The maximum Gasteiger partial charge on any atom is 0.258 e. The number of nitrogens with one attached hydrogen (secondary N) is 1. The molecule has 0 radical (unpaired) electrons. The maximum atomic E-state index is 14.2. The zero-order valence-electron chi connectivity index (χ0n) is 14.9. The van der Waals surface area contributed by atoms with Gasteiger partial charge < -0.3 is 10.1 Å². The van der Waals surface area contributed by atoms with Crippen LogP contribution in [0.5, 0.6) is 0 Å². The summed E-state index contributed by atoms with van der Waals surface area (Å²) in [5, 5.41) is 2.67. The molecule has 1 heterocycles. The van der Waals surface area contributed by atoms with Gasteiger partial charge in [0, 0.05) is 18.8 Å². The Hall–Kier alpha value is -2.29. The predicted octanol–water partition coefficient (Wildman–Crippen LogP) is 2.66. The molecule has 8 heteroatoms. The first-order valence-electron chi connectivity index (χ1n) is 8.70. The average Bonchev–Trinajstić information content (AvgIpc) is 2.69. The van der Waals surface area contributed by atoms with E-state index < -0.39 is 21.7 Å². The predicted molar refractivity (Wildman–Crippen MR) is 99.8 cm³/mol. The molecule has 0 aliphatic carbocycles. The van der Waals surface area contributed by atoms with Crippen LogP contribution in [-0.2, 0) is 21.2 Å². The molecular weight excluding hydrogens is 371 g/mol. The molecule has 2 aromatic carbocycles. The van der Waals surface area contributed by atoms with Crippen LogP contribution >= 0.6 is 0 Å². The lowest BCUT2D eigenvalue weighted by Crippen LogP contribution is -2.40. The number of sulfonamides is 1. The topological polar surface area (TPSA) is 75.7 Å². The number of hydrogen-bond donors (Lipinski definition) is 1. The zero-order chi connectivity index (χ0) is 19.4. The number of anilines is 1. The van der Waals surface area contributed by atoms with Gasteiger partial charge in [-0.2, -0.15) is 4.31 Å². The molecule has 1 aliphatic rings. The monoisotopic (exact) mass is 392 g/mol. The molecule has 1 aliphatic heterocycles. The highest BCUT2D eigenvalue weighted by atomic mass is 32.2. The highest BCUT2D eigenvalue weighted by Crippen LogP contribution is 2.22. The lowest BCUT2D eigenvalue weighted by Gasteiger charge is -2.26. The number of halogens is 1. The van der Waals surface area contributed by atoms with Crippen molar-refractivity contribution in [1.29, 1.82) is 0 Å². The van der Waals surface area contributed by atoms with E-state index in [1.54, 1.807) is 12.1 Å². The molecule has 27 heavy (non-hydrogen) atoms. The van der Waals surface area contributed by atoms with E-state index >= 15 is 0 Å². The summed E-state index contributed by atoms with van der Waals surface area (Å²) >= 11 is 0. The Morgan fingerprint density at radius 3 is 2.59 bits per heavy atom. The lowest BCUT2D eigenvalue weighted by atomic mass is 10.1. The van der Waals surface area contributed by atoms with Crippen LogP contribution in [0.2, 0.25) is 0 Å². The van der Waals surface area contributed by atoms with Crippen LogP contribution in [0.1, 0.15) is 22.8 Å². The summed E-state index contributed by atoms with van der Waals surface area (Å²) in [6.45, 7) is 3.01. The summed E-state index contributed by atoms with van der Waals surface area (Å²) < 4.78 is 46.2. The number of rotatable bonds is 5. The van der Waals surface area contributed by atoms with Crippen molar-refractivity contribution in [3.8, 4) is 0 Å². The van der Waals surface area contributed by atoms with E-state index in [4.69, 9.17) is 4.74 Å². The number of benzene rings is 2.